The second-order valence-corrected chi connectivity index (χ2v) is 8.72. The van der Waals surface area contributed by atoms with E-state index in [1.807, 2.05) is 54.6 Å². The number of hydrogen-bond acceptors (Lipinski definition) is 5. The van der Waals surface area contributed by atoms with Crippen LogP contribution in [0.4, 0.5) is 5.82 Å². The van der Waals surface area contributed by atoms with Gasteiger partial charge in [0.25, 0.3) is 0 Å². The van der Waals surface area contributed by atoms with E-state index in [9.17, 15) is 0 Å². The standard InChI is InChI=1S/C25H27N5O/c26-23(18-6-8-21(9-7-18)31-20-4-2-1-3-5-20)22-16-28-17-29-24(22)30-19-14-25(15-19)10-12-27-13-11-25/h1-9,16-17,19,26-27H,10-15H2,(H,28,29,30)/p+1. The number of ether oxygens (including phenoxy) is 1. The molecule has 1 saturated carbocycles. The summed E-state index contributed by atoms with van der Waals surface area (Å²) in [6.45, 7) is 2.28. The lowest BCUT2D eigenvalue weighted by molar-refractivity contribution is -0.635. The third kappa shape index (κ3) is 4.36. The molecule has 0 bridgehead atoms. The van der Waals surface area contributed by atoms with Gasteiger partial charge in [-0.05, 0) is 67.7 Å². The predicted molar refractivity (Wildman–Crippen MR) is 120 cm³/mol. The number of quaternary nitrogens is 1. The van der Waals surface area contributed by atoms with E-state index >= 15 is 0 Å². The Kier molecular flexibility index (Phi) is 5.49. The Bertz CT molecular complexity index is 1040. The van der Waals surface area contributed by atoms with E-state index in [0.29, 0.717) is 17.2 Å². The summed E-state index contributed by atoms with van der Waals surface area (Å²) in [5, 5.41) is 14.5. The molecule has 2 heterocycles. The molecule has 2 aromatic carbocycles. The van der Waals surface area contributed by atoms with Crippen LogP contribution in [0.15, 0.2) is 67.1 Å². The Morgan fingerprint density at radius 1 is 1.00 bits per heavy atom. The normalized spacial score (nSPS) is 17.8. The third-order valence-corrected chi connectivity index (χ3v) is 6.58. The molecule has 4 N–H and O–H groups in total. The molecular weight excluding hydrogens is 386 g/mol. The molecule has 31 heavy (non-hydrogen) atoms. The van der Waals surface area contributed by atoms with Gasteiger partial charge in [-0.3, -0.25) is 10.7 Å². The first-order chi connectivity index (χ1) is 15.2. The minimum atomic E-state index is 0.439. The van der Waals surface area contributed by atoms with Crippen molar-refractivity contribution in [1.29, 1.82) is 5.41 Å². The number of rotatable bonds is 6. The van der Waals surface area contributed by atoms with Gasteiger partial charge in [0.1, 0.15) is 23.4 Å². The largest absolute Gasteiger partial charge is 0.457 e. The number of aromatic nitrogens is 2. The Balaban J connectivity index is 1.26. The molecule has 0 radical (unpaired) electrons. The van der Waals surface area contributed by atoms with Gasteiger partial charge in [-0.15, -0.1) is 0 Å². The van der Waals surface area contributed by atoms with Crippen LogP contribution in [0, 0.1) is 10.8 Å². The summed E-state index contributed by atoms with van der Waals surface area (Å²) < 4.78 is 5.87. The van der Waals surface area contributed by atoms with Crippen LogP contribution in [0.25, 0.3) is 0 Å². The van der Waals surface area contributed by atoms with Crippen LogP contribution in [0.1, 0.15) is 36.8 Å². The average molecular weight is 415 g/mol. The zero-order valence-corrected chi connectivity index (χ0v) is 17.6. The summed E-state index contributed by atoms with van der Waals surface area (Å²) in [5.41, 5.74) is 2.58. The van der Waals surface area contributed by atoms with Crippen molar-refractivity contribution in [2.75, 3.05) is 13.1 Å². The summed E-state index contributed by atoms with van der Waals surface area (Å²) >= 11 is 0. The van der Waals surface area contributed by atoms with Crippen molar-refractivity contribution < 1.29 is 10.1 Å². The summed E-state index contributed by atoms with van der Waals surface area (Å²) in [4.78, 5) is 8.70. The molecule has 3 aromatic rings. The smallest absolute Gasteiger partial charge is 0.237 e. The topological polar surface area (TPSA) is 87.5 Å². The van der Waals surface area contributed by atoms with Crippen LogP contribution in [-0.2, 0) is 0 Å². The first kappa shape index (κ1) is 19.8. The highest BCUT2D eigenvalue weighted by atomic mass is 16.5. The highest BCUT2D eigenvalue weighted by molar-refractivity contribution is 6.12. The van der Waals surface area contributed by atoms with Gasteiger partial charge in [-0.2, -0.15) is 4.98 Å². The molecule has 2 aliphatic rings. The van der Waals surface area contributed by atoms with Gasteiger partial charge >= 0.3 is 0 Å². The summed E-state index contributed by atoms with van der Waals surface area (Å²) in [5.74, 6) is 2.42. The van der Waals surface area contributed by atoms with Gasteiger partial charge < -0.3 is 10.1 Å². The van der Waals surface area contributed by atoms with Gasteiger partial charge in [0.05, 0.1) is 11.8 Å². The Morgan fingerprint density at radius 3 is 2.45 bits per heavy atom. The van der Waals surface area contributed by atoms with Crippen molar-refractivity contribution in [2.24, 2.45) is 5.41 Å². The maximum atomic E-state index is 8.76. The Hall–Kier alpha value is -3.09. The number of hydrogen-bond donors (Lipinski definition) is 3. The van der Waals surface area contributed by atoms with E-state index in [-0.39, 0.29) is 0 Å². The number of benzene rings is 2. The molecule has 1 aliphatic heterocycles. The van der Waals surface area contributed by atoms with Gasteiger partial charge in [0.15, 0.2) is 0 Å². The molecule has 2 fully saturated rings. The molecule has 1 spiro atoms. The minimum absolute atomic E-state index is 0.439. The van der Waals surface area contributed by atoms with Crippen LogP contribution in [0.5, 0.6) is 11.5 Å². The van der Waals surface area contributed by atoms with Crippen LogP contribution in [0.2, 0.25) is 0 Å². The highest BCUT2D eigenvalue weighted by Gasteiger charge is 2.47. The average Bonchev–Trinajstić information content (AvgIpc) is 2.80. The molecule has 1 aliphatic carbocycles. The lowest BCUT2D eigenvalue weighted by Crippen LogP contribution is -2.89. The summed E-state index contributed by atoms with van der Waals surface area (Å²) in [7, 11) is 0. The second kappa shape index (κ2) is 8.57. The number of nitrogens with two attached hydrogens (primary N) is 1. The van der Waals surface area contributed by atoms with E-state index in [2.05, 4.69) is 20.6 Å². The molecule has 1 aromatic heterocycles. The fourth-order valence-corrected chi connectivity index (χ4v) is 4.89. The molecule has 6 nitrogen and oxygen atoms in total. The first-order valence-corrected chi connectivity index (χ1v) is 11.0. The predicted octanol–water partition coefficient (Wildman–Crippen LogP) is 3.41. The zero-order valence-electron chi connectivity index (χ0n) is 17.6. The maximum Gasteiger partial charge on any atom is 0.237 e. The zero-order chi connectivity index (χ0) is 21.1. The van der Waals surface area contributed by atoms with E-state index < -0.39 is 0 Å². The maximum absolute atomic E-state index is 8.76. The SMILES string of the molecule is N=C(c1ccc(Oc2ccccc2)cc1)c1cncnc1[NH2+]C1CC2(CCNCC2)C1. The summed E-state index contributed by atoms with van der Waals surface area (Å²) in [6, 6.07) is 17.9. The molecular formula is C25H28N5O+. The lowest BCUT2D eigenvalue weighted by atomic mass is 9.60. The molecule has 6 heteroatoms. The van der Waals surface area contributed by atoms with Crippen molar-refractivity contribution in [3.05, 3.63) is 78.2 Å². The van der Waals surface area contributed by atoms with Crippen LogP contribution < -0.4 is 15.4 Å². The van der Waals surface area contributed by atoms with Gasteiger partial charge in [0.2, 0.25) is 5.82 Å². The number of para-hydroxylation sites is 1. The first-order valence-electron chi connectivity index (χ1n) is 11.0. The quantitative estimate of drug-likeness (QED) is 0.540. The molecule has 0 unspecified atom stereocenters. The van der Waals surface area contributed by atoms with Crippen molar-refractivity contribution in [1.82, 2.24) is 15.3 Å². The minimum Gasteiger partial charge on any atom is -0.457 e. The van der Waals surface area contributed by atoms with Crippen molar-refractivity contribution in [3.8, 4) is 11.5 Å². The Labute approximate surface area is 182 Å². The second-order valence-electron chi connectivity index (χ2n) is 8.72. The van der Waals surface area contributed by atoms with E-state index in [4.69, 9.17) is 10.1 Å². The fourth-order valence-electron chi connectivity index (χ4n) is 4.89. The van der Waals surface area contributed by atoms with Crippen LogP contribution in [-0.4, -0.2) is 34.8 Å². The lowest BCUT2D eigenvalue weighted by Gasteiger charge is -2.48. The monoisotopic (exact) mass is 414 g/mol. The molecule has 5 rings (SSSR count). The van der Waals surface area contributed by atoms with Gasteiger partial charge in [-0.1, -0.05) is 18.2 Å². The molecule has 158 valence electrons. The van der Waals surface area contributed by atoms with Crippen molar-refractivity contribution in [3.63, 3.8) is 0 Å². The highest BCUT2D eigenvalue weighted by Crippen LogP contribution is 2.46. The van der Waals surface area contributed by atoms with Crippen LogP contribution in [0.3, 0.4) is 0 Å². The van der Waals surface area contributed by atoms with Crippen molar-refractivity contribution in [2.45, 2.75) is 31.7 Å². The Morgan fingerprint density at radius 2 is 1.71 bits per heavy atom. The third-order valence-electron chi connectivity index (χ3n) is 6.58. The fraction of sp³-hybridized carbons (Fsp3) is 0.320. The van der Waals surface area contributed by atoms with Crippen molar-refractivity contribution >= 4 is 11.5 Å². The van der Waals surface area contributed by atoms with Crippen LogP contribution >= 0.6 is 0 Å². The summed E-state index contributed by atoms with van der Waals surface area (Å²) in [6.07, 6.45) is 8.36. The molecule has 0 atom stereocenters. The number of piperidine rings is 1. The molecule has 1 saturated heterocycles. The van der Waals surface area contributed by atoms with E-state index in [1.54, 1.807) is 12.5 Å². The molecule has 0 amide bonds. The number of nitrogens with one attached hydrogen (secondary N) is 2. The van der Waals surface area contributed by atoms with Gasteiger partial charge in [0, 0.05) is 24.6 Å². The number of nitrogens with zero attached hydrogens (tertiary/aromatic N) is 2. The van der Waals surface area contributed by atoms with E-state index in [0.717, 1.165) is 41.5 Å². The van der Waals surface area contributed by atoms with Gasteiger partial charge in [-0.25, -0.2) is 4.98 Å². The van der Waals surface area contributed by atoms with E-state index in [1.165, 1.54) is 25.7 Å².